The van der Waals surface area contributed by atoms with E-state index in [2.05, 4.69) is 5.32 Å². The zero-order chi connectivity index (χ0) is 13.0. The maximum atomic E-state index is 9.87. The number of aliphatic hydroxyl groups excluding tert-OH is 1. The van der Waals surface area contributed by atoms with E-state index in [1.54, 1.807) is 7.11 Å². The molecule has 3 nitrogen and oxygen atoms in total. The Bertz CT molecular complexity index is 378. The summed E-state index contributed by atoms with van der Waals surface area (Å²) < 4.78 is 5.07. The molecule has 1 aliphatic carbocycles. The van der Waals surface area contributed by atoms with Crippen molar-refractivity contribution in [2.75, 3.05) is 26.9 Å². The first-order valence-corrected chi connectivity index (χ1v) is 6.71. The molecule has 2 rings (SSSR count). The van der Waals surface area contributed by atoms with Crippen LogP contribution in [0.15, 0.2) is 24.3 Å². The van der Waals surface area contributed by atoms with Crippen molar-refractivity contribution in [3.8, 4) is 0 Å². The predicted molar refractivity (Wildman–Crippen MR) is 72.8 cm³/mol. The Balaban J connectivity index is 2.20. The fourth-order valence-electron chi connectivity index (χ4n) is 2.46. The van der Waals surface area contributed by atoms with E-state index in [9.17, 15) is 5.11 Å². The van der Waals surface area contributed by atoms with Gasteiger partial charge < -0.3 is 15.2 Å². The van der Waals surface area contributed by atoms with Crippen molar-refractivity contribution < 1.29 is 9.84 Å². The van der Waals surface area contributed by atoms with Gasteiger partial charge in [0.2, 0.25) is 0 Å². The van der Waals surface area contributed by atoms with Crippen molar-refractivity contribution in [2.24, 2.45) is 5.92 Å². The number of rotatable bonds is 7. The molecule has 0 radical (unpaired) electrons. The second-order valence-electron chi connectivity index (χ2n) is 4.83. The summed E-state index contributed by atoms with van der Waals surface area (Å²) in [4.78, 5) is 0. The molecule has 0 heterocycles. The lowest BCUT2D eigenvalue weighted by molar-refractivity contribution is 0.121. The molecule has 1 unspecified atom stereocenters. The van der Waals surface area contributed by atoms with Gasteiger partial charge in [0, 0.05) is 18.7 Å². The van der Waals surface area contributed by atoms with E-state index in [0.717, 1.165) is 30.0 Å². The van der Waals surface area contributed by atoms with Crippen LogP contribution in [0.2, 0.25) is 5.02 Å². The topological polar surface area (TPSA) is 41.5 Å². The number of methoxy groups -OCH3 is 1. The van der Waals surface area contributed by atoms with Crippen molar-refractivity contribution in [1.82, 2.24) is 5.32 Å². The van der Waals surface area contributed by atoms with E-state index in [-0.39, 0.29) is 12.1 Å². The number of nitrogens with one attached hydrogen (secondary N) is 1. The third-order valence-electron chi connectivity index (χ3n) is 3.63. The Labute approximate surface area is 113 Å². The van der Waals surface area contributed by atoms with Gasteiger partial charge in [-0.2, -0.15) is 0 Å². The Morgan fingerprint density at radius 3 is 2.56 bits per heavy atom. The van der Waals surface area contributed by atoms with Crippen molar-refractivity contribution in [3.63, 3.8) is 0 Å². The van der Waals surface area contributed by atoms with Gasteiger partial charge in [0.15, 0.2) is 0 Å². The molecule has 1 aromatic carbocycles. The maximum Gasteiger partial charge on any atom is 0.0698 e. The van der Waals surface area contributed by atoms with Crippen LogP contribution in [0, 0.1) is 5.92 Å². The number of ether oxygens (including phenoxy) is 1. The van der Waals surface area contributed by atoms with Crippen LogP contribution >= 0.6 is 11.6 Å². The molecule has 0 aromatic heterocycles. The van der Waals surface area contributed by atoms with E-state index in [0.29, 0.717) is 12.5 Å². The third-order valence-corrected chi connectivity index (χ3v) is 3.88. The van der Waals surface area contributed by atoms with Crippen molar-refractivity contribution in [3.05, 3.63) is 34.9 Å². The molecule has 18 heavy (non-hydrogen) atoms. The van der Waals surface area contributed by atoms with Gasteiger partial charge in [-0.05, 0) is 36.5 Å². The van der Waals surface area contributed by atoms with Crippen LogP contribution in [0.4, 0.5) is 0 Å². The minimum atomic E-state index is -0.344. The highest BCUT2D eigenvalue weighted by Crippen LogP contribution is 2.45. The largest absolute Gasteiger partial charge is 0.394 e. The van der Waals surface area contributed by atoms with E-state index >= 15 is 0 Å². The van der Waals surface area contributed by atoms with Crippen molar-refractivity contribution in [2.45, 2.75) is 18.4 Å². The summed E-state index contributed by atoms with van der Waals surface area (Å²) in [6, 6.07) is 7.75. The van der Waals surface area contributed by atoms with Crippen molar-refractivity contribution >= 4 is 11.6 Å². The van der Waals surface area contributed by atoms with Gasteiger partial charge in [-0.3, -0.25) is 0 Å². The van der Waals surface area contributed by atoms with Crippen LogP contribution in [0.5, 0.6) is 0 Å². The molecule has 4 heteroatoms. The SMILES string of the molecule is COCCNC(CO)(c1ccc(Cl)cc1)C1CC1. The molecule has 0 spiro atoms. The number of halogens is 1. The number of hydrogen-bond acceptors (Lipinski definition) is 3. The third kappa shape index (κ3) is 2.86. The molecule has 100 valence electrons. The first-order valence-electron chi connectivity index (χ1n) is 6.34. The normalized spacial score (nSPS) is 18.6. The molecule has 0 bridgehead atoms. The van der Waals surface area contributed by atoms with Crippen LogP contribution in [0.1, 0.15) is 18.4 Å². The lowest BCUT2D eigenvalue weighted by Crippen LogP contribution is -2.48. The molecule has 1 atom stereocenters. The molecular formula is C14H20ClNO2. The van der Waals surface area contributed by atoms with Gasteiger partial charge in [0.1, 0.15) is 0 Å². The minimum Gasteiger partial charge on any atom is -0.394 e. The van der Waals surface area contributed by atoms with Crippen molar-refractivity contribution in [1.29, 1.82) is 0 Å². The van der Waals surface area contributed by atoms with E-state index in [4.69, 9.17) is 16.3 Å². The molecule has 0 aliphatic heterocycles. The Morgan fingerprint density at radius 2 is 2.06 bits per heavy atom. The molecule has 0 saturated heterocycles. The van der Waals surface area contributed by atoms with Crippen LogP contribution in [0.25, 0.3) is 0 Å². The number of hydrogen-bond donors (Lipinski definition) is 2. The summed E-state index contributed by atoms with van der Waals surface area (Å²) >= 11 is 5.92. The molecular weight excluding hydrogens is 250 g/mol. The van der Waals surface area contributed by atoms with Gasteiger partial charge in [-0.15, -0.1) is 0 Å². The smallest absolute Gasteiger partial charge is 0.0698 e. The van der Waals surface area contributed by atoms with Crippen LogP contribution in [0.3, 0.4) is 0 Å². The summed E-state index contributed by atoms with van der Waals surface area (Å²) in [5.74, 6) is 0.500. The minimum absolute atomic E-state index is 0.100. The van der Waals surface area contributed by atoms with Gasteiger partial charge in [0.25, 0.3) is 0 Å². The molecule has 1 saturated carbocycles. The fraction of sp³-hybridized carbons (Fsp3) is 0.571. The van der Waals surface area contributed by atoms with E-state index in [1.807, 2.05) is 24.3 Å². The molecule has 2 N–H and O–H groups in total. The second kappa shape index (κ2) is 6.02. The van der Waals surface area contributed by atoms with Gasteiger partial charge in [-0.25, -0.2) is 0 Å². The number of benzene rings is 1. The van der Waals surface area contributed by atoms with Crippen LogP contribution in [-0.2, 0) is 10.3 Å². The first-order chi connectivity index (χ1) is 8.73. The Hall–Kier alpha value is -0.610. The quantitative estimate of drug-likeness (QED) is 0.746. The molecule has 1 aromatic rings. The zero-order valence-electron chi connectivity index (χ0n) is 10.7. The highest BCUT2D eigenvalue weighted by Gasteiger charge is 2.45. The fourth-order valence-corrected chi connectivity index (χ4v) is 2.58. The standard InChI is InChI=1S/C14H20ClNO2/c1-18-9-8-16-14(10-17,11-2-3-11)12-4-6-13(15)7-5-12/h4-7,11,16-17H,2-3,8-10H2,1H3. The van der Waals surface area contributed by atoms with Crippen LogP contribution in [-0.4, -0.2) is 32.0 Å². The highest BCUT2D eigenvalue weighted by atomic mass is 35.5. The first kappa shape index (κ1) is 13.8. The van der Waals surface area contributed by atoms with Gasteiger partial charge in [0.05, 0.1) is 18.8 Å². The molecule has 1 fully saturated rings. The Morgan fingerprint density at radius 1 is 1.39 bits per heavy atom. The highest BCUT2D eigenvalue weighted by molar-refractivity contribution is 6.30. The summed E-state index contributed by atoms with van der Waals surface area (Å²) in [5.41, 5.74) is 0.761. The monoisotopic (exact) mass is 269 g/mol. The zero-order valence-corrected chi connectivity index (χ0v) is 11.4. The maximum absolute atomic E-state index is 9.87. The molecule has 1 aliphatic rings. The van der Waals surface area contributed by atoms with E-state index < -0.39 is 0 Å². The van der Waals surface area contributed by atoms with Crippen LogP contribution < -0.4 is 5.32 Å². The lowest BCUT2D eigenvalue weighted by atomic mass is 9.85. The second-order valence-corrected chi connectivity index (χ2v) is 5.27. The van der Waals surface area contributed by atoms with E-state index in [1.165, 1.54) is 0 Å². The number of aliphatic hydroxyl groups is 1. The molecule has 0 amide bonds. The Kier molecular flexibility index (Phi) is 4.62. The summed E-state index contributed by atoms with van der Waals surface area (Å²) in [6.07, 6.45) is 2.31. The van der Waals surface area contributed by atoms with Gasteiger partial charge >= 0.3 is 0 Å². The van der Waals surface area contributed by atoms with Gasteiger partial charge in [-0.1, -0.05) is 23.7 Å². The average molecular weight is 270 g/mol. The predicted octanol–water partition coefficient (Wildman–Crippen LogP) is 2.17. The summed E-state index contributed by atoms with van der Waals surface area (Å²) in [5, 5.41) is 14.1. The average Bonchev–Trinajstić information content (AvgIpc) is 3.21. The lowest BCUT2D eigenvalue weighted by Gasteiger charge is -2.34. The summed E-state index contributed by atoms with van der Waals surface area (Å²) in [7, 11) is 1.68. The summed E-state index contributed by atoms with van der Waals surface area (Å²) in [6.45, 7) is 1.47.